The smallest absolute Gasteiger partial charge is 0.319 e. The highest BCUT2D eigenvalue weighted by Gasteiger charge is 2.49. The van der Waals surface area contributed by atoms with Crippen LogP contribution in [0.4, 0.5) is 23.4 Å². The van der Waals surface area contributed by atoms with Gasteiger partial charge >= 0.3 is 6.01 Å². The number of aliphatic hydroxyl groups excluding tert-OH is 1. The topological polar surface area (TPSA) is 94.8 Å². The van der Waals surface area contributed by atoms with Crippen LogP contribution in [0.15, 0.2) is 30.5 Å². The highest BCUT2D eigenvalue weighted by atomic mass is 19.1. The van der Waals surface area contributed by atoms with Crippen molar-refractivity contribution in [3.8, 4) is 23.0 Å². The molecule has 3 saturated heterocycles. The van der Waals surface area contributed by atoms with Gasteiger partial charge in [0.15, 0.2) is 5.82 Å². The molecule has 4 atom stereocenters. The number of pyridine rings is 1. The summed E-state index contributed by atoms with van der Waals surface area (Å²) in [7, 11) is 0. The van der Waals surface area contributed by atoms with Crippen LogP contribution in [0.1, 0.15) is 38.2 Å². The first kappa shape index (κ1) is 29.0. The van der Waals surface area contributed by atoms with Gasteiger partial charge in [-0.05, 0) is 60.3 Å². The first-order valence-corrected chi connectivity index (χ1v) is 15.1. The van der Waals surface area contributed by atoms with E-state index in [0.29, 0.717) is 35.7 Å². The van der Waals surface area contributed by atoms with Crippen LogP contribution in [0.3, 0.4) is 0 Å². The number of alkyl halides is 2. The molecule has 3 aliphatic heterocycles. The molecule has 0 saturated carbocycles. The Morgan fingerprint density at radius 3 is 2.73 bits per heavy atom. The molecule has 232 valence electrons. The van der Waals surface area contributed by atoms with E-state index in [9.17, 15) is 23.4 Å². The number of aromatic hydroxyl groups is 1. The predicted molar refractivity (Wildman–Crippen MR) is 158 cm³/mol. The molecule has 2 N–H and O–H groups in total. The number of fused-ring (bicyclic) bond motifs is 3. The lowest BCUT2D eigenvalue weighted by atomic mass is 9.94. The Labute approximate surface area is 251 Å². The summed E-state index contributed by atoms with van der Waals surface area (Å²) < 4.78 is 66.6. The molecule has 3 aliphatic rings. The molecule has 0 aliphatic carbocycles. The molecule has 0 radical (unpaired) electrons. The number of aryl methyl sites for hydroxylation is 1. The number of benzene rings is 2. The summed E-state index contributed by atoms with van der Waals surface area (Å²) >= 11 is 0. The number of piperidine rings is 1. The third-order valence-electron chi connectivity index (χ3n) is 9.31. The Morgan fingerprint density at radius 1 is 1.09 bits per heavy atom. The molecule has 7 rings (SSSR count). The molecule has 2 aromatic heterocycles. The first-order valence-electron chi connectivity index (χ1n) is 15.1. The number of aliphatic hydroxyl groups is 1. The number of halogens is 4. The molecule has 0 amide bonds. The summed E-state index contributed by atoms with van der Waals surface area (Å²) in [6.07, 6.45) is 0.371. The van der Waals surface area contributed by atoms with Gasteiger partial charge in [0, 0.05) is 37.7 Å². The van der Waals surface area contributed by atoms with Gasteiger partial charge in [-0.1, -0.05) is 13.0 Å². The summed E-state index contributed by atoms with van der Waals surface area (Å²) in [5, 5.41) is 21.9. The third-order valence-corrected chi connectivity index (χ3v) is 9.31. The monoisotopic (exact) mass is 611 g/mol. The van der Waals surface area contributed by atoms with Crippen molar-refractivity contribution in [2.24, 2.45) is 0 Å². The number of hydrogen-bond donors (Lipinski definition) is 2. The molecule has 0 bridgehead atoms. The number of hydrogen-bond acceptors (Lipinski definition) is 8. The zero-order valence-corrected chi connectivity index (χ0v) is 24.2. The van der Waals surface area contributed by atoms with E-state index in [1.165, 1.54) is 35.4 Å². The standard InChI is InChI=1S/C32H33F4N5O3/c1-2-22-25(35)5-4-17-8-20(42)10-23(26(17)22)28-27(36)29-24(12-37-28)30(40-13-18(33)9-21(43)15-40)39-31(38-29)44-16-32-6-3-7-41(32)14-19(34)11-32/h4-5,8,10,12,18-19,21,42-43H,2-3,6-7,9,11,13-16H2,1H3/t18-,19-,21-,32+/m1/s1. The van der Waals surface area contributed by atoms with Crippen molar-refractivity contribution in [3.05, 3.63) is 47.7 Å². The van der Waals surface area contributed by atoms with Crippen LogP contribution in [0.25, 0.3) is 32.9 Å². The van der Waals surface area contributed by atoms with E-state index < -0.39 is 35.6 Å². The largest absolute Gasteiger partial charge is 0.508 e. The number of anilines is 1. The maximum Gasteiger partial charge on any atom is 0.319 e. The molecule has 3 fully saturated rings. The van der Waals surface area contributed by atoms with E-state index in [-0.39, 0.29) is 65.9 Å². The van der Waals surface area contributed by atoms with Gasteiger partial charge in [0.2, 0.25) is 0 Å². The number of nitrogens with zero attached hydrogens (tertiary/aromatic N) is 5. The van der Waals surface area contributed by atoms with Crippen molar-refractivity contribution in [2.75, 3.05) is 37.7 Å². The molecule has 0 spiro atoms. The molecule has 44 heavy (non-hydrogen) atoms. The molecular formula is C32H33F4N5O3. The van der Waals surface area contributed by atoms with Gasteiger partial charge in [0.1, 0.15) is 47.5 Å². The summed E-state index contributed by atoms with van der Waals surface area (Å²) in [5.74, 6) is -1.30. The van der Waals surface area contributed by atoms with Crippen LogP contribution in [-0.4, -0.2) is 86.8 Å². The molecule has 4 aromatic rings. The molecular weight excluding hydrogens is 578 g/mol. The number of ether oxygens (including phenoxy) is 1. The van der Waals surface area contributed by atoms with E-state index in [1.807, 2.05) is 0 Å². The van der Waals surface area contributed by atoms with Gasteiger partial charge in [0.25, 0.3) is 0 Å². The summed E-state index contributed by atoms with van der Waals surface area (Å²) in [6, 6.07) is 5.48. The third kappa shape index (κ3) is 4.88. The molecule has 5 heterocycles. The lowest BCUT2D eigenvalue weighted by Crippen LogP contribution is -2.45. The van der Waals surface area contributed by atoms with Gasteiger partial charge in [-0.15, -0.1) is 0 Å². The maximum atomic E-state index is 16.7. The highest BCUT2D eigenvalue weighted by molar-refractivity contribution is 6.01. The zero-order chi connectivity index (χ0) is 30.7. The van der Waals surface area contributed by atoms with Crippen LogP contribution in [-0.2, 0) is 6.42 Å². The Morgan fingerprint density at radius 2 is 1.93 bits per heavy atom. The first-order chi connectivity index (χ1) is 21.2. The van der Waals surface area contributed by atoms with Crippen LogP contribution < -0.4 is 9.64 Å². The fourth-order valence-electron chi connectivity index (χ4n) is 7.38. The number of rotatable bonds is 6. The van der Waals surface area contributed by atoms with Gasteiger partial charge in [-0.3, -0.25) is 9.88 Å². The van der Waals surface area contributed by atoms with Crippen LogP contribution in [0.2, 0.25) is 0 Å². The fourth-order valence-corrected chi connectivity index (χ4v) is 7.38. The summed E-state index contributed by atoms with van der Waals surface area (Å²) in [6.45, 7) is 2.96. The van der Waals surface area contributed by atoms with Crippen molar-refractivity contribution >= 4 is 27.5 Å². The predicted octanol–water partition coefficient (Wildman–Crippen LogP) is 5.26. The van der Waals surface area contributed by atoms with Gasteiger partial charge in [-0.25, -0.2) is 17.6 Å². The Bertz CT molecular complexity index is 1750. The van der Waals surface area contributed by atoms with Crippen LogP contribution in [0, 0.1) is 11.6 Å². The number of β-amino-alcohol motifs (C(OH)–C–C–N with tert-alkyl or cyclic N) is 1. The van der Waals surface area contributed by atoms with Crippen molar-refractivity contribution < 1.29 is 32.5 Å². The highest BCUT2D eigenvalue weighted by Crippen LogP contribution is 2.42. The zero-order valence-electron chi connectivity index (χ0n) is 24.2. The van der Waals surface area contributed by atoms with Crippen molar-refractivity contribution in [2.45, 2.75) is 63.0 Å². The van der Waals surface area contributed by atoms with Gasteiger partial charge in [-0.2, -0.15) is 9.97 Å². The summed E-state index contributed by atoms with van der Waals surface area (Å²) in [5.41, 5.74) is -0.284. The molecule has 2 aromatic carbocycles. The lowest BCUT2D eigenvalue weighted by molar-refractivity contribution is 0.106. The maximum absolute atomic E-state index is 16.7. The minimum absolute atomic E-state index is 0.0245. The second-order valence-corrected chi connectivity index (χ2v) is 12.2. The van der Waals surface area contributed by atoms with Crippen molar-refractivity contribution in [3.63, 3.8) is 0 Å². The summed E-state index contributed by atoms with van der Waals surface area (Å²) in [4.78, 5) is 17.0. The van der Waals surface area contributed by atoms with Crippen molar-refractivity contribution in [1.29, 1.82) is 0 Å². The average molecular weight is 612 g/mol. The number of aromatic nitrogens is 3. The van der Waals surface area contributed by atoms with Crippen LogP contribution >= 0.6 is 0 Å². The molecule has 0 unspecified atom stereocenters. The lowest BCUT2D eigenvalue weighted by Gasteiger charge is -2.34. The van der Waals surface area contributed by atoms with E-state index in [1.54, 1.807) is 6.92 Å². The fraction of sp³-hybridized carbons (Fsp3) is 0.469. The normalized spacial score (nSPS) is 25.7. The minimum Gasteiger partial charge on any atom is -0.508 e. The van der Waals surface area contributed by atoms with Crippen LogP contribution in [0.5, 0.6) is 11.8 Å². The molecule has 8 nitrogen and oxygen atoms in total. The van der Waals surface area contributed by atoms with E-state index >= 15 is 4.39 Å². The van der Waals surface area contributed by atoms with E-state index in [2.05, 4.69) is 19.9 Å². The number of phenolic OH excluding ortho intramolecular Hbond substituents is 1. The minimum atomic E-state index is -1.34. The second kappa shape index (κ2) is 11.0. The Balaban J connectivity index is 1.38. The number of phenols is 1. The Kier molecular flexibility index (Phi) is 7.24. The Hall–Kier alpha value is -3.77. The second-order valence-electron chi connectivity index (χ2n) is 12.2. The van der Waals surface area contributed by atoms with Gasteiger partial charge < -0.3 is 19.8 Å². The van der Waals surface area contributed by atoms with Gasteiger partial charge in [0.05, 0.1) is 23.6 Å². The van der Waals surface area contributed by atoms with Crippen molar-refractivity contribution in [1.82, 2.24) is 19.9 Å². The molecule has 12 heteroatoms. The van der Waals surface area contributed by atoms with E-state index in [0.717, 1.165) is 19.4 Å². The quantitative estimate of drug-likeness (QED) is 0.286. The average Bonchev–Trinajstić information content (AvgIpc) is 3.51. The van der Waals surface area contributed by atoms with E-state index in [4.69, 9.17) is 4.74 Å². The SMILES string of the molecule is CCc1c(F)ccc2cc(O)cc(-c3ncc4c(N5C[C@H](O)C[C@@H](F)C5)nc(OC[C@@]56CCCN5C[C@H](F)C6)nc4c3F)c12.